The fourth-order valence-electron chi connectivity index (χ4n) is 2.05. The molecule has 1 aliphatic heterocycles. The number of aromatic nitrogens is 1. The molecular formula is C14H18F3N3O3. The molecule has 2 heterocycles. The monoisotopic (exact) mass is 333 g/mol. The highest BCUT2D eigenvalue weighted by molar-refractivity contribution is 5.93. The first-order valence-corrected chi connectivity index (χ1v) is 7.07. The van der Waals surface area contributed by atoms with Crippen LogP contribution in [0.25, 0.3) is 0 Å². The van der Waals surface area contributed by atoms with Crippen molar-refractivity contribution >= 4 is 5.91 Å². The second-order valence-electron chi connectivity index (χ2n) is 5.25. The summed E-state index contributed by atoms with van der Waals surface area (Å²) < 4.78 is 46.1. The molecule has 0 spiro atoms. The van der Waals surface area contributed by atoms with Crippen molar-refractivity contribution in [2.45, 2.75) is 12.3 Å². The van der Waals surface area contributed by atoms with Crippen molar-refractivity contribution in [2.24, 2.45) is 0 Å². The van der Waals surface area contributed by atoms with E-state index < -0.39 is 12.8 Å². The molecule has 0 radical (unpaired) electrons. The highest BCUT2D eigenvalue weighted by Crippen LogP contribution is 2.17. The number of nitrogens with zero attached hydrogens (tertiary/aromatic N) is 2. The van der Waals surface area contributed by atoms with Crippen LogP contribution < -0.4 is 10.1 Å². The average molecular weight is 333 g/mol. The van der Waals surface area contributed by atoms with Crippen LogP contribution in [-0.2, 0) is 4.74 Å². The van der Waals surface area contributed by atoms with Gasteiger partial charge in [-0.1, -0.05) is 0 Å². The van der Waals surface area contributed by atoms with E-state index in [1.54, 1.807) is 0 Å². The number of carbonyl (C=O) groups excluding carboxylic acids is 1. The molecule has 23 heavy (non-hydrogen) atoms. The van der Waals surface area contributed by atoms with Gasteiger partial charge in [-0.05, 0) is 13.1 Å². The van der Waals surface area contributed by atoms with Gasteiger partial charge in [-0.2, -0.15) is 13.2 Å². The number of alkyl halides is 3. The third-order valence-electron chi connectivity index (χ3n) is 3.21. The van der Waals surface area contributed by atoms with E-state index in [1.807, 2.05) is 7.05 Å². The van der Waals surface area contributed by atoms with E-state index in [2.05, 4.69) is 19.9 Å². The molecule has 1 unspecified atom stereocenters. The van der Waals surface area contributed by atoms with Crippen molar-refractivity contribution in [3.8, 4) is 5.88 Å². The van der Waals surface area contributed by atoms with Gasteiger partial charge in [-0.3, -0.25) is 4.79 Å². The number of carbonyl (C=O) groups is 1. The number of hydrogen-bond acceptors (Lipinski definition) is 5. The fourth-order valence-corrected chi connectivity index (χ4v) is 2.05. The minimum absolute atomic E-state index is 0.0833. The van der Waals surface area contributed by atoms with Gasteiger partial charge in [0.1, 0.15) is 0 Å². The van der Waals surface area contributed by atoms with E-state index >= 15 is 0 Å². The Morgan fingerprint density at radius 1 is 1.52 bits per heavy atom. The smallest absolute Gasteiger partial charge is 0.422 e. The highest BCUT2D eigenvalue weighted by Gasteiger charge is 2.28. The molecule has 1 amide bonds. The molecule has 1 N–H and O–H groups in total. The van der Waals surface area contributed by atoms with Gasteiger partial charge in [0.05, 0.1) is 18.3 Å². The van der Waals surface area contributed by atoms with Crippen molar-refractivity contribution in [1.29, 1.82) is 0 Å². The Labute approximate surface area is 131 Å². The van der Waals surface area contributed by atoms with Crippen LogP contribution in [0.1, 0.15) is 10.4 Å². The van der Waals surface area contributed by atoms with E-state index in [1.165, 1.54) is 18.3 Å². The van der Waals surface area contributed by atoms with Gasteiger partial charge in [0.25, 0.3) is 5.91 Å². The van der Waals surface area contributed by atoms with Crippen LogP contribution in [0, 0.1) is 0 Å². The Hall–Kier alpha value is -1.87. The molecule has 128 valence electrons. The summed E-state index contributed by atoms with van der Waals surface area (Å²) in [4.78, 5) is 17.7. The SMILES string of the molecule is CN1CCOC(CNC(=O)c2ccc(OCC(F)(F)F)nc2)C1. The molecule has 1 saturated heterocycles. The maximum absolute atomic E-state index is 12.0. The lowest BCUT2D eigenvalue weighted by Gasteiger charge is -2.30. The average Bonchev–Trinajstić information content (AvgIpc) is 2.50. The molecule has 1 aromatic rings. The number of rotatable bonds is 5. The number of likely N-dealkylation sites (N-methyl/N-ethyl adjacent to an activating group) is 1. The number of halogens is 3. The van der Waals surface area contributed by atoms with Crippen molar-refractivity contribution in [1.82, 2.24) is 15.2 Å². The zero-order valence-corrected chi connectivity index (χ0v) is 12.6. The number of nitrogens with one attached hydrogen (secondary N) is 1. The minimum Gasteiger partial charge on any atom is -0.468 e. The number of hydrogen-bond donors (Lipinski definition) is 1. The predicted octanol–water partition coefficient (Wildman–Crippen LogP) is 1.08. The Morgan fingerprint density at radius 2 is 2.30 bits per heavy atom. The lowest BCUT2D eigenvalue weighted by atomic mass is 10.2. The molecule has 0 aromatic carbocycles. The molecule has 0 saturated carbocycles. The van der Waals surface area contributed by atoms with Crippen molar-refractivity contribution < 1.29 is 27.4 Å². The van der Waals surface area contributed by atoms with Crippen LogP contribution in [0.3, 0.4) is 0 Å². The van der Waals surface area contributed by atoms with Gasteiger partial charge in [0.15, 0.2) is 6.61 Å². The quantitative estimate of drug-likeness (QED) is 0.874. The Kier molecular flexibility index (Phi) is 5.78. The molecular weight excluding hydrogens is 315 g/mol. The summed E-state index contributed by atoms with van der Waals surface area (Å²) in [7, 11) is 1.97. The molecule has 0 aliphatic carbocycles. The van der Waals surface area contributed by atoms with Crippen LogP contribution >= 0.6 is 0 Å². The Balaban J connectivity index is 1.80. The summed E-state index contributed by atoms with van der Waals surface area (Å²) >= 11 is 0. The first-order valence-electron chi connectivity index (χ1n) is 7.07. The van der Waals surface area contributed by atoms with Crippen LogP contribution in [0.15, 0.2) is 18.3 Å². The standard InChI is InChI=1S/C14H18F3N3O3/c1-20-4-5-22-11(8-20)7-19-13(21)10-2-3-12(18-6-10)23-9-14(15,16)17/h2-3,6,11H,4-5,7-9H2,1H3,(H,19,21). The van der Waals surface area contributed by atoms with Gasteiger partial charge in [-0.15, -0.1) is 0 Å². The summed E-state index contributed by atoms with van der Waals surface area (Å²) in [6.07, 6.45) is -3.33. The lowest BCUT2D eigenvalue weighted by molar-refractivity contribution is -0.154. The molecule has 1 aliphatic rings. The van der Waals surface area contributed by atoms with E-state index in [4.69, 9.17) is 4.74 Å². The number of pyridine rings is 1. The molecule has 1 fully saturated rings. The summed E-state index contributed by atoms with van der Waals surface area (Å²) in [6.45, 7) is 1.13. The number of ether oxygens (including phenoxy) is 2. The summed E-state index contributed by atoms with van der Waals surface area (Å²) in [5.41, 5.74) is 0.244. The largest absolute Gasteiger partial charge is 0.468 e. The van der Waals surface area contributed by atoms with Gasteiger partial charge in [0, 0.05) is 31.9 Å². The Bertz CT molecular complexity index is 522. The van der Waals surface area contributed by atoms with Gasteiger partial charge in [-0.25, -0.2) is 4.98 Å². The zero-order chi connectivity index (χ0) is 16.9. The first kappa shape index (κ1) is 17.5. The van der Waals surface area contributed by atoms with E-state index in [-0.39, 0.29) is 23.5 Å². The van der Waals surface area contributed by atoms with Crippen LogP contribution in [0.5, 0.6) is 5.88 Å². The highest BCUT2D eigenvalue weighted by atomic mass is 19.4. The zero-order valence-electron chi connectivity index (χ0n) is 12.6. The van der Waals surface area contributed by atoms with Crippen molar-refractivity contribution in [3.63, 3.8) is 0 Å². The molecule has 1 aromatic heterocycles. The topological polar surface area (TPSA) is 63.7 Å². The molecule has 6 nitrogen and oxygen atoms in total. The molecule has 1 atom stereocenters. The third kappa shape index (κ3) is 6.03. The molecule has 2 rings (SSSR count). The molecule has 9 heteroatoms. The normalized spacial score (nSPS) is 19.4. The van der Waals surface area contributed by atoms with Crippen LogP contribution in [0.2, 0.25) is 0 Å². The third-order valence-corrected chi connectivity index (χ3v) is 3.21. The number of amides is 1. The summed E-state index contributed by atoms with van der Waals surface area (Å²) in [5.74, 6) is -0.548. The lowest BCUT2D eigenvalue weighted by Crippen LogP contribution is -2.45. The van der Waals surface area contributed by atoms with Gasteiger partial charge in [0.2, 0.25) is 5.88 Å². The second-order valence-corrected chi connectivity index (χ2v) is 5.25. The summed E-state index contributed by atoms with van der Waals surface area (Å²) in [6, 6.07) is 2.59. The summed E-state index contributed by atoms with van der Waals surface area (Å²) in [5, 5.41) is 2.71. The maximum atomic E-state index is 12.0. The second kappa shape index (κ2) is 7.60. The van der Waals surface area contributed by atoms with E-state index in [0.29, 0.717) is 13.2 Å². The predicted molar refractivity (Wildman–Crippen MR) is 75.4 cm³/mol. The van der Waals surface area contributed by atoms with Crippen LogP contribution in [-0.4, -0.2) is 68.0 Å². The van der Waals surface area contributed by atoms with Crippen LogP contribution in [0.4, 0.5) is 13.2 Å². The van der Waals surface area contributed by atoms with E-state index in [9.17, 15) is 18.0 Å². The first-order chi connectivity index (χ1) is 10.8. The number of morpholine rings is 1. The van der Waals surface area contributed by atoms with Gasteiger partial charge >= 0.3 is 6.18 Å². The van der Waals surface area contributed by atoms with E-state index in [0.717, 1.165) is 13.1 Å². The maximum Gasteiger partial charge on any atom is 0.422 e. The Morgan fingerprint density at radius 3 is 2.91 bits per heavy atom. The minimum atomic E-state index is -4.43. The van der Waals surface area contributed by atoms with Crippen molar-refractivity contribution in [2.75, 3.05) is 39.9 Å². The fraction of sp³-hybridized carbons (Fsp3) is 0.571. The van der Waals surface area contributed by atoms with Crippen molar-refractivity contribution in [3.05, 3.63) is 23.9 Å². The van der Waals surface area contributed by atoms with Gasteiger partial charge < -0.3 is 19.7 Å². The molecule has 0 bridgehead atoms.